The summed E-state index contributed by atoms with van der Waals surface area (Å²) in [6, 6.07) is 0. The van der Waals surface area contributed by atoms with Gasteiger partial charge < -0.3 is 0 Å². The first kappa shape index (κ1) is 7.30. The predicted molar refractivity (Wildman–Crippen MR) is 25.3 cm³/mol. The zero-order valence-electron chi connectivity index (χ0n) is 3.37. The van der Waals surface area contributed by atoms with Gasteiger partial charge in [-0.3, -0.25) is 0 Å². The Morgan fingerprint density at radius 3 is 1.71 bits per heavy atom. The second-order valence-electron chi connectivity index (χ2n) is 1.00. The van der Waals surface area contributed by atoms with Crippen molar-refractivity contribution in [3.63, 3.8) is 0 Å². The summed E-state index contributed by atoms with van der Waals surface area (Å²) in [7, 11) is -1.65. The zero-order chi connectivity index (χ0) is 5.86. The Balaban J connectivity index is 3.14. The highest BCUT2D eigenvalue weighted by molar-refractivity contribution is 6.94. The molecule has 1 atom stereocenters. The quantitative estimate of drug-likeness (QED) is 0.403. The number of halogens is 4. The molecule has 0 heterocycles. The molecule has 0 aromatic carbocycles. The molecule has 0 saturated heterocycles. The van der Waals surface area contributed by atoms with Crippen molar-refractivity contribution in [2.75, 3.05) is 0 Å². The second-order valence-corrected chi connectivity index (χ2v) is 3.02. The number of alkyl halides is 3. The molecule has 0 saturated carbocycles. The minimum atomic E-state index is -2.87. The lowest BCUT2D eigenvalue weighted by molar-refractivity contribution is 0.0906. The molecule has 0 aromatic rings. The molecule has 7 heavy (non-hydrogen) atoms. The summed E-state index contributed by atoms with van der Waals surface area (Å²) in [6.45, 7) is 0. The van der Waals surface area contributed by atoms with Gasteiger partial charge in [-0.05, 0) is 0 Å². The standard InChI is InChI=1S/C2H4ClF3Si/c3-7-2(6)1(4)5/h1-2H,7H2. The summed E-state index contributed by atoms with van der Waals surface area (Å²) in [5.74, 6) is -2.03. The fraction of sp³-hybridized carbons (Fsp3) is 1.00. The van der Waals surface area contributed by atoms with Crippen molar-refractivity contribution in [2.24, 2.45) is 0 Å². The third-order valence-corrected chi connectivity index (χ3v) is 1.96. The third kappa shape index (κ3) is 2.93. The normalized spacial score (nSPS) is 16.7. The van der Waals surface area contributed by atoms with Crippen LogP contribution in [0, 0.1) is 0 Å². The van der Waals surface area contributed by atoms with E-state index in [2.05, 4.69) is 0 Å². The third-order valence-electron chi connectivity index (χ3n) is 0.421. The zero-order valence-corrected chi connectivity index (χ0v) is 5.54. The van der Waals surface area contributed by atoms with Crippen molar-refractivity contribution in [1.29, 1.82) is 0 Å². The van der Waals surface area contributed by atoms with E-state index < -0.39 is 21.0 Å². The van der Waals surface area contributed by atoms with Crippen molar-refractivity contribution in [1.82, 2.24) is 0 Å². The Kier molecular flexibility index (Phi) is 3.46. The molecule has 44 valence electrons. The van der Waals surface area contributed by atoms with Gasteiger partial charge in [0.05, 0.1) is 0 Å². The van der Waals surface area contributed by atoms with E-state index in [1.807, 2.05) is 0 Å². The van der Waals surface area contributed by atoms with Gasteiger partial charge in [0.25, 0.3) is 6.43 Å². The molecule has 0 N–H and O–H groups in total. The van der Waals surface area contributed by atoms with Gasteiger partial charge in [0, 0.05) is 0 Å². The van der Waals surface area contributed by atoms with Crippen LogP contribution < -0.4 is 0 Å². The summed E-state index contributed by atoms with van der Waals surface area (Å²) in [6.07, 6.45) is -2.87. The smallest absolute Gasteiger partial charge is 0.244 e. The Labute approximate surface area is 46.2 Å². The topological polar surface area (TPSA) is 0 Å². The van der Waals surface area contributed by atoms with E-state index in [0.717, 1.165) is 0 Å². The lowest BCUT2D eigenvalue weighted by atomic mass is 10.8. The van der Waals surface area contributed by atoms with Crippen molar-refractivity contribution in [3.8, 4) is 0 Å². The van der Waals surface area contributed by atoms with E-state index in [-0.39, 0.29) is 0 Å². The van der Waals surface area contributed by atoms with Gasteiger partial charge in [-0.2, -0.15) is 11.1 Å². The first-order valence-corrected chi connectivity index (χ1v) is 4.62. The summed E-state index contributed by atoms with van der Waals surface area (Å²) in [5, 5.41) is 0. The molecule has 5 heteroatoms. The molecule has 0 aliphatic heterocycles. The first-order valence-electron chi connectivity index (χ1n) is 1.66. The van der Waals surface area contributed by atoms with Gasteiger partial charge in [0.1, 0.15) is 0 Å². The monoisotopic (exact) mass is 148 g/mol. The molecule has 0 amide bonds. The number of hydrogen-bond acceptors (Lipinski definition) is 0. The fourth-order valence-corrected chi connectivity index (χ4v) is 0.606. The predicted octanol–water partition coefficient (Wildman–Crippen LogP) is 0.870. The Morgan fingerprint density at radius 1 is 1.29 bits per heavy atom. The van der Waals surface area contributed by atoms with Gasteiger partial charge in [-0.25, -0.2) is 13.2 Å². The van der Waals surface area contributed by atoms with E-state index in [9.17, 15) is 13.2 Å². The van der Waals surface area contributed by atoms with Crippen LogP contribution in [0.15, 0.2) is 0 Å². The molecule has 0 aromatic heterocycles. The van der Waals surface area contributed by atoms with Crippen molar-refractivity contribution < 1.29 is 13.2 Å². The molecule has 0 aliphatic carbocycles. The Hall–Kier alpha value is 0.297. The van der Waals surface area contributed by atoms with Crippen LogP contribution in [0.3, 0.4) is 0 Å². The number of rotatable bonds is 2. The Morgan fingerprint density at radius 2 is 1.71 bits per heavy atom. The van der Waals surface area contributed by atoms with Crippen LogP contribution in [0.2, 0.25) is 0 Å². The minimum absolute atomic E-state index is 1.65. The van der Waals surface area contributed by atoms with Crippen LogP contribution in [0.4, 0.5) is 13.2 Å². The van der Waals surface area contributed by atoms with Crippen LogP contribution in [-0.2, 0) is 0 Å². The van der Waals surface area contributed by atoms with Crippen LogP contribution >= 0.6 is 11.1 Å². The van der Waals surface area contributed by atoms with Crippen LogP contribution in [0.1, 0.15) is 0 Å². The van der Waals surface area contributed by atoms with Crippen molar-refractivity contribution in [3.05, 3.63) is 0 Å². The average molecular weight is 149 g/mol. The molecular weight excluding hydrogens is 145 g/mol. The molecular formula is C2H4ClF3Si. The number of hydrogen-bond donors (Lipinski definition) is 0. The lowest BCUT2D eigenvalue weighted by Crippen LogP contribution is -2.15. The maximum atomic E-state index is 11.4. The average Bonchev–Trinajstić information content (AvgIpc) is 1.65. The van der Waals surface area contributed by atoms with E-state index in [4.69, 9.17) is 11.1 Å². The highest BCUT2D eigenvalue weighted by atomic mass is 35.6. The lowest BCUT2D eigenvalue weighted by Gasteiger charge is -1.97. The molecule has 0 radical (unpaired) electrons. The van der Waals surface area contributed by atoms with Gasteiger partial charge in [0.15, 0.2) is 14.6 Å². The van der Waals surface area contributed by atoms with Gasteiger partial charge in [-0.1, -0.05) is 0 Å². The van der Waals surface area contributed by atoms with Gasteiger partial charge >= 0.3 is 0 Å². The maximum absolute atomic E-state index is 11.4. The van der Waals surface area contributed by atoms with E-state index in [1.54, 1.807) is 0 Å². The maximum Gasteiger partial charge on any atom is 0.267 e. The van der Waals surface area contributed by atoms with E-state index >= 15 is 0 Å². The van der Waals surface area contributed by atoms with Gasteiger partial charge in [0.2, 0.25) is 0 Å². The van der Waals surface area contributed by atoms with Gasteiger partial charge in [-0.15, -0.1) is 0 Å². The van der Waals surface area contributed by atoms with Crippen molar-refractivity contribution >= 4 is 19.9 Å². The summed E-state index contributed by atoms with van der Waals surface area (Å²) >= 11 is 4.83. The van der Waals surface area contributed by atoms with E-state index in [1.165, 1.54) is 0 Å². The first-order chi connectivity index (χ1) is 3.18. The van der Waals surface area contributed by atoms with Crippen molar-refractivity contribution in [2.45, 2.75) is 12.2 Å². The molecule has 0 rings (SSSR count). The molecule has 0 spiro atoms. The largest absolute Gasteiger partial charge is 0.267 e. The highest BCUT2D eigenvalue weighted by Crippen LogP contribution is 2.03. The van der Waals surface area contributed by atoms with Crippen LogP contribution in [-0.4, -0.2) is 21.0 Å². The minimum Gasteiger partial charge on any atom is -0.244 e. The van der Waals surface area contributed by atoms with Crippen LogP contribution in [0.5, 0.6) is 0 Å². The van der Waals surface area contributed by atoms with E-state index in [0.29, 0.717) is 0 Å². The summed E-state index contributed by atoms with van der Waals surface area (Å²) in [4.78, 5) is 0. The fourth-order valence-electron chi connectivity index (χ4n) is 0.0673. The second kappa shape index (κ2) is 3.32. The molecule has 0 aliphatic rings. The molecule has 0 nitrogen and oxygen atoms in total. The summed E-state index contributed by atoms with van der Waals surface area (Å²) in [5.41, 5.74) is 0. The molecule has 1 unspecified atom stereocenters. The van der Waals surface area contributed by atoms with Crippen LogP contribution in [0.25, 0.3) is 0 Å². The Bertz CT molecular complexity index is 50.2. The highest BCUT2D eigenvalue weighted by Gasteiger charge is 2.17. The molecule has 0 bridgehead atoms. The summed E-state index contributed by atoms with van der Waals surface area (Å²) < 4.78 is 33.4. The molecule has 0 fully saturated rings. The SMILES string of the molecule is FC(F)C(F)[SiH2]Cl.